The first-order chi connectivity index (χ1) is 22.5. The molecule has 2 aliphatic heterocycles. The van der Waals surface area contributed by atoms with Gasteiger partial charge in [0.25, 0.3) is 0 Å². The zero-order chi connectivity index (χ0) is 33.3. The van der Waals surface area contributed by atoms with Crippen molar-refractivity contribution >= 4 is 50.8 Å². The van der Waals surface area contributed by atoms with E-state index in [4.69, 9.17) is 16.6 Å². The average Bonchev–Trinajstić information content (AvgIpc) is 3.53. The molecule has 0 saturated carbocycles. The second-order valence-electron chi connectivity index (χ2n) is 12.8. The van der Waals surface area contributed by atoms with Crippen LogP contribution in [0.3, 0.4) is 0 Å². The van der Waals surface area contributed by atoms with E-state index in [0.29, 0.717) is 66.4 Å². The van der Waals surface area contributed by atoms with Gasteiger partial charge in [-0.05, 0) is 55.5 Å². The highest BCUT2D eigenvalue weighted by atomic mass is 35.5. The number of halogens is 2. The Morgan fingerprint density at radius 3 is 2.66 bits per heavy atom. The lowest BCUT2D eigenvalue weighted by Crippen LogP contribution is -2.56. The van der Waals surface area contributed by atoms with Crippen molar-refractivity contribution in [1.29, 1.82) is 0 Å². The number of piperazine rings is 1. The minimum absolute atomic E-state index is 0.0656. The van der Waals surface area contributed by atoms with Crippen molar-refractivity contribution in [2.45, 2.75) is 46.1 Å². The summed E-state index contributed by atoms with van der Waals surface area (Å²) in [5.74, 6) is -0.485. The van der Waals surface area contributed by atoms with Gasteiger partial charge in [0.1, 0.15) is 11.3 Å². The van der Waals surface area contributed by atoms with Crippen LogP contribution in [0, 0.1) is 19.7 Å². The van der Waals surface area contributed by atoms with Gasteiger partial charge in [-0.25, -0.2) is 9.18 Å². The summed E-state index contributed by atoms with van der Waals surface area (Å²) in [5, 5.41) is 8.62. The Hall–Kier alpha value is -4.77. The first-order valence-corrected chi connectivity index (χ1v) is 16.2. The molecule has 0 radical (unpaired) electrons. The maximum absolute atomic E-state index is 17.9. The van der Waals surface area contributed by atoms with Gasteiger partial charge in [-0.15, -0.1) is 0 Å². The van der Waals surface area contributed by atoms with Gasteiger partial charge in [0.15, 0.2) is 5.82 Å². The van der Waals surface area contributed by atoms with E-state index in [1.807, 2.05) is 62.7 Å². The van der Waals surface area contributed by atoms with Crippen molar-refractivity contribution in [2.24, 2.45) is 0 Å². The summed E-state index contributed by atoms with van der Waals surface area (Å²) in [7, 11) is 1.92. The van der Waals surface area contributed by atoms with Gasteiger partial charge >= 0.3 is 5.69 Å². The molecule has 0 spiro atoms. The number of nitrogens with one attached hydrogen (secondary N) is 1. The first-order valence-electron chi connectivity index (χ1n) is 15.8. The Labute approximate surface area is 276 Å². The summed E-state index contributed by atoms with van der Waals surface area (Å²) in [4.78, 5) is 42.3. The largest absolute Gasteiger partial charge is 0.373 e. The summed E-state index contributed by atoms with van der Waals surface area (Å²) < 4.78 is 19.3. The Morgan fingerprint density at radius 1 is 1.13 bits per heavy atom. The van der Waals surface area contributed by atoms with Crippen LogP contribution < -0.4 is 15.5 Å². The maximum atomic E-state index is 17.9. The van der Waals surface area contributed by atoms with Gasteiger partial charge < -0.3 is 14.7 Å². The van der Waals surface area contributed by atoms with E-state index in [1.54, 1.807) is 17.3 Å². The highest BCUT2D eigenvalue weighted by molar-refractivity contribution is 6.39. The predicted molar refractivity (Wildman–Crippen MR) is 185 cm³/mol. The van der Waals surface area contributed by atoms with Gasteiger partial charge in [-0.3, -0.25) is 19.4 Å². The number of amides is 1. The molecule has 2 aliphatic rings. The second kappa shape index (κ2) is 11.5. The van der Waals surface area contributed by atoms with Gasteiger partial charge in [-0.1, -0.05) is 38.1 Å². The Balaban J connectivity index is 1.66. The van der Waals surface area contributed by atoms with E-state index in [2.05, 4.69) is 21.8 Å². The molecule has 242 valence electrons. The van der Waals surface area contributed by atoms with E-state index in [0.717, 1.165) is 22.0 Å². The fraction of sp³-hybridized carbons (Fsp3) is 0.343. The van der Waals surface area contributed by atoms with E-state index in [1.165, 1.54) is 10.6 Å². The molecular formula is C35H36ClFN8O2. The third-order valence-corrected chi connectivity index (χ3v) is 9.96. The summed E-state index contributed by atoms with van der Waals surface area (Å²) >= 11 is 7.38. The number of carbonyl (C=O) groups excluding carboxylic acids is 1. The fourth-order valence-corrected chi connectivity index (χ4v) is 7.70. The highest BCUT2D eigenvalue weighted by Crippen LogP contribution is 2.50. The maximum Gasteiger partial charge on any atom is 0.354 e. The van der Waals surface area contributed by atoms with Crippen LogP contribution in [-0.4, -0.2) is 74.8 Å². The summed E-state index contributed by atoms with van der Waals surface area (Å²) in [6.45, 7) is 13.3. The molecule has 1 saturated heterocycles. The van der Waals surface area contributed by atoms with E-state index < -0.39 is 11.5 Å². The quantitative estimate of drug-likeness (QED) is 0.241. The zero-order valence-electron chi connectivity index (χ0n) is 27.1. The number of pyridine rings is 1. The lowest BCUT2D eigenvalue weighted by molar-refractivity contribution is -0.126. The first kappa shape index (κ1) is 30.9. The summed E-state index contributed by atoms with van der Waals surface area (Å²) in [6.07, 6.45) is 5.35. The lowest BCUT2D eigenvalue weighted by Gasteiger charge is -2.44. The standard InChI is InChI=1S/C35H36ClFN8O2/c1-7-24(46)43-14-15-44-21(17-43)11-13-42(6)32-27-33(29(37)26(28(32)36)25-19(4)8-9-23-22(25)16-39-41-23)45(35(47)40-34(27)44)31-20(5)10-12-38-30(31)18(2)3/h7-10,12,16,18,21H,1,11,13-15,17H2,2-6H3,(H,39,41). The van der Waals surface area contributed by atoms with Gasteiger partial charge in [0.05, 0.1) is 39.2 Å². The lowest BCUT2D eigenvalue weighted by atomic mass is 9.93. The van der Waals surface area contributed by atoms with Crippen molar-refractivity contribution in [3.63, 3.8) is 0 Å². The molecule has 10 nitrogen and oxygen atoms in total. The molecule has 0 bridgehead atoms. The SMILES string of the molecule is C=CC(=O)N1CCN2c3nc(=O)n(-c4c(C)ccnc4C(C)C)c4c(F)c(-c5c(C)ccc6[nH]ncc56)c(Cl)c(c34)N(C)CCC2C1. The predicted octanol–water partition coefficient (Wildman–Crippen LogP) is 5.90. The monoisotopic (exact) mass is 654 g/mol. The third kappa shape index (κ3) is 4.70. The number of rotatable bonds is 4. The molecule has 2 aromatic carbocycles. The fourth-order valence-electron chi connectivity index (χ4n) is 7.28. The normalized spacial score (nSPS) is 16.5. The third-order valence-electron chi connectivity index (χ3n) is 9.60. The van der Waals surface area contributed by atoms with Crippen LogP contribution in [0.25, 0.3) is 38.6 Å². The molecular weight excluding hydrogens is 619 g/mol. The topological polar surface area (TPSA) is 103 Å². The van der Waals surface area contributed by atoms with E-state index >= 15 is 4.39 Å². The second-order valence-corrected chi connectivity index (χ2v) is 13.2. The zero-order valence-corrected chi connectivity index (χ0v) is 27.8. The molecule has 5 aromatic rings. The number of fused-ring (bicyclic) bond motifs is 3. The van der Waals surface area contributed by atoms with E-state index in [-0.39, 0.29) is 34.0 Å². The van der Waals surface area contributed by atoms with Crippen LogP contribution in [0.4, 0.5) is 15.9 Å². The Kier molecular flexibility index (Phi) is 7.54. The molecule has 1 amide bonds. The number of hydrogen-bond donors (Lipinski definition) is 1. The van der Waals surface area contributed by atoms with Gasteiger partial charge in [-0.2, -0.15) is 10.1 Å². The van der Waals surface area contributed by atoms with Crippen LogP contribution in [0.5, 0.6) is 0 Å². The summed E-state index contributed by atoms with van der Waals surface area (Å²) in [6, 6.07) is 5.47. The van der Waals surface area contributed by atoms with Crippen LogP contribution in [-0.2, 0) is 4.79 Å². The molecule has 1 fully saturated rings. The van der Waals surface area contributed by atoms with Crippen LogP contribution >= 0.6 is 11.6 Å². The number of anilines is 2. The van der Waals surface area contributed by atoms with Crippen LogP contribution in [0.15, 0.2) is 48.0 Å². The number of H-pyrrole nitrogens is 1. The molecule has 1 unspecified atom stereocenters. The average molecular weight is 655 g/mol. The van der Waals surface area contributed by atoms with Gasteiger partial charge in [0, 0.05) is 62.0 Å². The smallest absolute Gasteiger partial charge is 0.354 e. The number of hydrogen-bond acceptors (Lipinski definition) is 7. The number of aromatic nitrogens is 5. The number of aromatic amines is 1. The Bertz CT molecular complexity index is 2170. The summed E-state index contributed by atoms with van der Waals surface area (Å²) in [5.41, 5.74) is 4.34. The number of carbonyl (C=O) groups is 1. The minimum Gasteiger partial charge on any atom is -0.373 e. The van der Waals surface area contributed by atoms with Crippen molar-refractivity contribution in [3.05, 3.63) is 81.4 Å². The van der Waals surface area contributed by atoms with E-state index in [9.17, 15) is 9.59 Å². The minimum atomic E-state index is -0.629. The van der Waals surface area contributed by atoms with Gasteiger partial charge in [0.2, 0.25) is 5.91 Å². The molecule has 0 aliphatic carbocycles. The molecule has 47 heavy (non-hydrogen) atoms. The molecule has 7 rings (SSSR count). The highest BCUT2D eigenvalue weighted by Gasteiger charge is 2.37. The molecule has 1 atom stereocenters. The van der Waals surface area contributed by atoms with Crippen molar-refractivity contribution in [3.8, 4) is 16.8 Å². The molecule has 3 aromatic heterocycles. The molecule has 5 heterocycles. The number of nitrogens with zero attached hydrogens (tertiary/aromatic N) is 7. The molecule has 1 N–H and O–H groups in total. The number of aryl methyl sites for hydroxylation is 2. The Morgan fingerprint density at radius 2 is 1.91 bits per heavy atom. The van der Waals surface area contributed by atoms with Crippen molar-refractivity contribution in [1.82, 2.24) is 29.6 Å². The number of benzene rings is 2. The van der Waals surface area contributed by atoms with Crippen molar-refractivity contribution in [2.75, 3.05) is 43.0 Å². The van der Waals surface area contributed by atoms with Crippen LogP contribution in [0.1, 0.15) is 43.0 Å². The molecule has 12 heteroatoms. The van der Waals surface area contributed by atoms with Crippen molar-refractivity contribution < 1.29 is 9.18 Å². The van der Waals surface area contributed by atoms with Crippen LogP contribution in [0.2, 0.25) is 5.02 Å².